The number of nitrogen functional groups attached to an aromatic ring is 1. The molecule has 2 rings (SSSR count). The van der Waals surface area contributed by atoms with Crippen LogP contribution in [-0.2, 0) is 0 Å². The summed E-state index contributed by atoms with van der Waals surface area (Å²) in [5, 5.41) is 31.5. The summed E-state index contributed by atoms with van der Waals surface area (Å²) in [4.78, 5) is 17.6. The molecule has 0 bridgehead atoms. The number of H-pyrrole nitrogens is 1. The quantitative estimate of drug-likeness (QED) is 0.396. The van der Waals surface area contributed by atoms with Gasteiger partial charge in [0.2, 0.25) is 0 Å². The second kappa shape index (κ2) is 7.32. The highest BCUT2D eigenvalue weighted by atomic mass is 16.3. The van der Waals surface area contributed by atoms with Crippen LogP contribution in [0.1, 0.15) is 19.5 Å². The van der Waals surface area contributed by atoms with Crippen molar-refractivity contribution in [3.8, 4) is 0 Å². The van der Waals surface area contributed by atoms with E-state index in [0.717, 1.165) is 0 Å². The monoisotopic (exact) mass is 298 g/mol. The SMILES string of the molecule is C=C(c1nc[nH]c(=O)c1N)C1NC(CO)C(O)C1O.CC. The number of nitrogens with zero attached hydrogens (tertiary/aromatic N) is 1. The number of anilines is 1. The zero-order valence-electron chi connectivity index (χ0n) is 12.1. The Labute approximate surface area is 122 Å². The summed E-state index contributed by atoms with van der Waals surface area (Å²) in [7, 11) is 0. The number of aliphatic hydroxyl groups excluding tert-OH is 3. The van der Waals surface area contributed by atoms with Crippen LogP contribution in [0.15, 0.2) is 17.7 Å². The van der Waals surface area contributed by atoms with E-state index in [1.165, 1.54) is 6.33 Å². The van der Waals surface area contributed by atoms with E-state index >= 15 is 0 Å². The van der Waals surface area contributed by atoms with Crippen molar-refractivity contribution < 1.29 is 15.3 Å². The molecule has 1 aliphatic heterocycles. The summed E-state index contributed by atoms with van der Waals surface area (Å²) in [6, 6.07) is -1.40. The molecule has 1 saturated heterocycles. The third-order valence-electron chi connectivity index (χ3n) is 3.26. The number of aromatic amines is 1. The lowest BCUT2D eigenvalue weighted by Crippen LogP contribution is -2.36. The number of aromatic nitrogens is 2. The first-order valence-corrected chi connectivity index (χ1v) is 6.72. The van der Waals surface area contributed by atoms with Crippen LogP contribution in [0.2, 0.25) is 0 Å². The predicted molar refractivity (Wildman–Crippen MR) is 79.5 cm³/mol. The fourth-order valence-corrected chi connectivity index (χ4v) is 2.14. The van der Waals surface area contributed by atoms with Gasteiger partial charge in [-0.1, -0.05) is 20.4 Å². The Balaban J connectivity index is 0.00000106. The molecule has 2 heterocycles. The van der Waals surface area contributed by atoms with Crippen LogP contribution in [0.4, 0.5) is 5.69 Å². The number of hydrogen-bond donors (Lipinski definition) is 6. The summed E-state index contributed by atoms with van der Waals surface area (Å²) in [6.45, 7) is 7.42. The van der Waals surface area contributed by atoms with E-state index in [-0.39, 0.29) is 23.6 Å². The fourth-order valence-electron chi connectivity index (χ4n) is 2.14. The molecule has 0 aliphatic carbocycles. The minimum atomic E-state index is -1.16. The van der Waals surface area contributed by atoms with Crippen molar-refractivity contribution in [2.24, 2.45) is 0 Å². The van der Waals surface area contributed by atoms with E-state index in [9.17, 15) is 15.0 Å². The van der Waals surface area contributed by atoms with Crippen molar-refractivity contribution in [2.45, 2.75) is 38.1 Å². The minimum absolute atomic E-state index is 0.108. The molecule has 0 radical (unpaired) electrons. The number of hydrogen-bond acceptors (Lipinski definition) is 7. The van der Waals surface area contributed by atoms with Crippen LogP contribution < -0.4 is 16.6 Å². The van der Waals surface area contributed by atoms with Gasteiger partial charge in [0, 0.05) is 0 Å². The molecule has 1 aliphatic rings. The summed E-state index contributed by atoms with van der Waals surface area (Å²) in [5.41, 5.74) is 5.44. The van der Waals surface area contributed by atoms with E-state index in [2.05, 4.69) is 21.9 Å². The van der Waals surface area contributed by atoms with Gasteiger partial charge in [0.15, 0.2) is 0 Å². The molecule has 1 fully saturated rings. The molecule has 0 spiro atoms. The summed E-state index contributed by atoms with van der Waals surface area (Å²) in [5.74, 6) is 0. The first-order chi connectivity index (χ1) is 9.97. The number of aliphatic hydroxyl groups is 3. The first kappa shape index (κ1) is 17.3. The van der Waals surface area contributed by atoms with Crippen molar-refractivity contribution in [3.05, 3.63) is 29.0 Å². The third kappa shape index (κ3) is 3.30. The van der Waals surface area contributed by atoms with E-state index in [4.69, 9.17) is 10.8 Å². The lowest BCUT2D eigenvalue weighted by molar-refractivity contribution is 0.0247. The molecule has 21 heavy (non-hydrogen) atoms. The average molecular weight is 298 g/mol. The van der Waals surface area contributed by atoms with Gasteiger partial charge in [-0.05, 0) is 5.57 Å². The fraction of sp³-hybridized carbons (Fsp3) is 0.538. The molecule has 4 unspecified atom stereocenters. The maximum atomic E-state index is 11.4. The highest BCUT2D eigenvalue weighted by molar-refractivity contribution is 5.73. The van der Waals surface area contributed by atoms with Gasteiger partial charge in [0.05, 0.1) is 36.8 Å². The molecule has 0 aromatic carbocycles. The number of nitrogens with one attached hydrogen (secondary N) is 2. The van der Waals surface area contributed by atoms with Crippen LogP contribution in [0.3, 0.4) is 0 Å². The van der Waals surface area contributed by atoms with Crippen molar-refractivity contribution in [2.75, 3.05) is 12.3 Å². The average Bonchev–Trinajstić information content (AvgIpc) is 2.79. The van der Waals surface area contributed by atoms with Gasteiger partial charge < -0.3 is 31.4 Å². The largest absolute Gasteiger partial charge is 0.395 e. The number of nitrogens with two attached hydrogens (primary N) is 1. The van der Waals surface area contributed by atoms with Gasteiger partial charge in [0.25, 0.3) is 5.56 Å². The molecule has 0 amide bonds. The van der Waals surface area contributed by atoms with E-state index in [1.54, 1.807) is 0 Å². The Morgan fingerprint density at radius 3 is 2.57 bits per heavy atom. The molecule has 1 aromatic rings. The lowest BCUT2D eigenvalue weighted by Gasteiger charge is -2.18. The third-order valence-corrected chi connectivity index (χ3v) is 3.26. The predicted octanol–water partition coefficient (Wildman–Crippen LogP) is -1.55. The Hall–Kier alpha value is -1.74. The highest BCUT2D eigenvalue weighted by Crippen LogP contribution is 2.26. The topological polar surface area (TPSA) is 144 Å². The normalized spacial score (nSPS) is 27.9. The number of rotatable bonds is 3. The molecule has 7 N–H and O–H groups in total. The molecule has 4 atom stereocenters. The standard InChI is InChI=1S/C11H16N4O4.C2H6/c1-4(7-6(12)11(19)14-3-13-7)8-10(18)9(17)5(2-16)15-8;1-2/h3,5,8-10,15-18H,1-2,12H2,(H,13,14,19);1-2H3. The van der Waals surface area contributed by atoms with Gasteiger partial charge in [-0.25, -0.2) is 4.98 Å². The van der Waals surface area contributed by atoms with Gasteiger partial charge in [-0.15, -0.1) is 0 Å². The van der Waals surface area contributed by atoms with Crippen molar-refractivity contribution in [1.82, 2.24) is 15.3 Å². The highest BCUT2D eigenvalue weighted by Gasteiger charge is 2.42. The second-order valence-corrected chi connectivity index (χ2v) is 4.43. The van der Waals surface area contributed by atoms with Crippen molar-refractivity contribution in [3.63, 3.8) is 0 Å². The summed E-state index contributed by atoms with van der Waals surface area (Å²) < 4.78 is 0. The molecule has 1 aromatic heterocycles. The molecule has 0 saturated carbocycles. The maximum absolute atomic E-state index is 11.4. The van der Waals surface area contributed by atoms with Crippen LogP contribution in [0.25, 0.3) is 5.57 Å². The Morgan fingerprint density at radius 2 is 2.05 bits per heavy atom. The summed E-state index contributed by atoms with van der Waals surface area (Å²) in [6.07, 6.45) is -1.11. The Bertz CT molecular complexity index is 545. The summed E-state index contributed by atoms with van der Waals surface area (Å²) >= 11 is 0. The van der Waals surface area contributed by atoms with Gasteiger partial charge in [-0.3, -0.25) is 4.79 Å². The second-order valence-electron chi connectivity index (χ2n) is 4.43. The molecule has 118 valence electrons. The smallest absolute Gasteiger partial charge is 0.274 e. The van der Waals surface area contributed by atoms with Gasteiger partial charge in [0.1, 0.15) is 11.8 Å². The Morgan fingerprint density at radius 1 is 1.43 bits per heavy atom. The van der Waals surface area contributed by atoms with Crippen LogP contribution in [-0.4, -0.2) is 56.2 Å². The first-order valence-electron chi connectivity index (χ1n) is 6.72. The van der Waals surface area contributed by atoms with E-state index in [1.807, 2.05) is 13.8 Å². The molecular weight excluding hydrogens is 276 g/mol. The maximum Gasteiger partial charge on any atom is 0.274 e. The van der Waals surface area contributed by atoms with Crippen LogP contribution >= 0.6 is 0 Å². The van der Waals surface area contributed by atoms with E-state index in [0.29, 0.717) is 0 Å². The minimum Gasteiger partial charge on any atom is -0.395 e. The molecule has 8 heteroatoms. The van der Waals surface area contributed by atoms with E-state index < -0.39 is 29.9 Å². The zero-order valence-corrected chi connectivity index (χ0v) is 12.1. The lowest BCUT2D eigenvalue weighted by atomic mass is 9.99. The molecule has 8 nitrogen and oxygen atoms in total. The van der Waals surface area contributed by atoms with Crippen LogP contribution in [0, 0.1) is 0 Å². The van der Waals surface area contributed by atoms with Gasteiger partial charge in [-0.2, -0.15) is 0 Å². The van der Waals surface area contributed by atoms with Crippen molar-refractivity contribution >= 4 is 11.3 Å². The van der Waals surface area contributed by atoms with Gasteiger partial charge >= 0.3 is 0 Å². The molecular formula is C13H22N4O4. The zero-order chi connectivity index (χ0) is 16.2. The van der Waals surface area contributed by atoms with Crippen LogP contribution in [0.5, 0.6) is 0 Å². The Kier molecular flexibility index (Phi) is 6.03. The van der Waals surface area contributed by atoms with Crippen molar-refractivity contribution in [1.29, 1.82) is 0 Å².